The lowest BCUT2D eigenvalue weighted by Gasteiger charge is -2.12. The second kappa shape index (κ2) is 9.61. The second-order valence-electron chi connectivity index (χ2n) is 5.39. The summed E-state index contributed by atoms with van der Waals surface area (Å²) in [5.41, 5.74) is 1.11. The minimum absolute atomic E-state index is 0.0270. The Morgan fingerprint density at radius 1 is 1.32 bits per heavy atom. The Morgan fingerprint density at radius 2 is 2.16 bits per heavy atom. The number of nitrogens with zero attached hydrogens (tertiary/aromatic N) is 3. The largest absolute Gasteiger partial charge is 0.489 e. The second-order valence-corrected chi connectivity index (χ2v) is 5.39. The molecule has 0 aliphatic rings. The molecular formula is C17H23F2N5O. The van der Waals surface area contributed by atoms with E-state index in [0.29, 0.717) is 25.6 Å². The van der Waals surface area contributed by atoms with Gasteiger partial charge in [-0.25, -0.2) is 8.78 Å². The lowest BCUT2D eigenvalue weighted by Crippen LogP contribution is -2.39. The first-order valence-corrected chi connectivity index (χ1v) is 8.17. The molecule has 25 heavy (non-hydrogen) atoms. The van der Waals surface area contributed by atoms with E-state index in [9.17, 15) is 8.78 Å². The van der Waals surface area contributed by atoms with E-state index in [0.717, 1.165) is 24.2 Å². The van der Waals surface area contributed by atoms with E-state index < -0.39 is 11.6 Å². The van der Waals surface area contributed by atoms with Gasteiger partial charge in [0.2, 0.25) is 0 Å². The highest BCUT2D eigenvalue weighted by Crippen LogP contribution is 2.17. The summed E-state index contributed by atoms with van der Waals surface area (Å²) in [6.07, 6.45) is 3.76. The van der Waals surface area contributed by atoms with Crippen LogP contribution in [0.15, 0.2) is 35.6 Å². The van der Waals surface area contributed by atoms with Crippen LogP contribution in [0.4, 0.5) is 8.78 Å². The van der Waals surface area contributed by atoms with Gasteiger partial charge in [-0.05, 0) is 31.5 Å². The molecule has 0 atom stereocenters. The topological polar surface area (TPSA) is 63.5 Å². The van der Waals surface area contributed by atoms with Gasteiger partial charge in [0, 0.05) is 18.8 Å². The fourth-order valence-electron chi connectivity index (χ4n) is 2.12. The molecule has 0 radical (unpaired) electrons. The summed E-state index contributed by atoms with van der Waals surface area (Å²) >= 11 is 0. The molecular weight excluding hydrogens is 328 g/mol. The van der Waals surface area contributed by atoms with Crippen LogP contribution in [0.2, 0.25) is 0 Å². The highest BCUT2D eigenvalue weighted by Gasteiger charge is 2.04. The Morgan fingerprint density at radius 3 is 2.84 bits per heavy atom. The van der Waals surface area contributed by atoms with Gasteiger partial charge >= 0.3 is 0 Å². The van der Waals surface area contributed by atoms with Gasteiger partial charge in [0.25, 0.3) is 0 Å². The van der Waals surface area contributed by atoms with Crippen molar-refractivity contribution in [2.75, 3.05) is 26.2 Å². The molecule has 0 saturated heterocycles. The van der Waals surface area contributed by atoms with Crippen molar-refractivity contribution in [3.05, 3.63) is 47.8 Å². The van der Waals surface area contributed by atoms with Gasteiger partial charge < -0.3 is 15.4 Å². The van der Waals surface area contributed by atoms with Crippen molar-refractivity contribution in [1.29, 1.82) is 0 Å². The third-order valence-corrected chi connectivity index (χ3v) is 3.25. The number of aryl methyl sites for hydroxylation is 1. The Labute approximate surface area is 145 Å². The number of guanidine groups is 1. The van der Waals surface area contributed by atoms with Crippen LogP contribution >= 0.6 is 0 Å². The molecule has 2 rings (SSSR count). The molecule has 0 amide bonds. The number of hydrogen-bond acceptors (Lipinski definition) is 3. The quantitative estimate of drug-likeness (QED) is 0.434. The van der Waals surface area contributed by atoms with E-state index in [-0.39, 0.29) is 12.4 Å². The molecule has 0 aliphatic carbocycles. The van der Waals surface area contributed by atoms with Crippen LogP contribution in [0.5, 0.6) is 5.75 Å². The third-order valence-electron chi connectivity index (χ3n) is 3.25. The van der Waals surface area contributed by atoms with E-state index in [1.807, 2.05) is 24.7 Å². The lowest BCUT2D eigenvalue weighted by molar-refractivity contribution is 0.304. The molecule has 0 spiro atoms. The zero-order valence-electron chi connectivity index (χ0n) is 14.4. The number of rotatable bonds is 8. The number of hydrogen-bond donors (Lipinski definition) is 2. The van der Waals surface area contributed by atoms with E-state index in [1.54, 1.807) is 6.20 Å². The maximum atomic E-state index is 13.5. The molecule has 1 heterocycles. The highest BCUT2D eigenvalue weighted by molar-refractivity contribution is 5.79. The van der Waals surface area contributed by atoms with E-state index >= 15 is 0 Å². The Balaban J connectivity index is 1.75. The van der Waals surface area contributed by atoms with E-state index in [4.69, 9.17) is 4.74 Å². The van der Waals surface area contributed by atoms with Crippen LogP contribution in [0.25, 0.3) is 0 Å². The van der Waals surface area contributed by atoms with Crippen molar-refractivity contribution in [3.8, 4) is 5.75 Å². The van der Waals surface area contributed by atoms with E-state index in [2.05, 4.69) is 20.7 Å². The smallest absolute Gasteiger partial charge is 0.191 e. The van der Waals surface area contributed by atoms with Gasteiger partial charge in [-0.2, -0.15) is 5.10 Å². The monoisotopic (exact) mass is 351 g/mol. The van der Waals surface area contributed by atoms with Crippen LogP contribution in [0.1, 0.15) is 12.5 Å². The molecule has 2 aromatic rings. The SMILES string of the molecule is CCNC(=NCCn1cc(C)cn1)NCCOc1ccc(F)cc1F. The summed E-state index contributed by atoms with van der Waals surface area (Å²) in [4.78, 5) is 4.45. The highest BCUT2D eigenvalue weighted by atomic mass is 19.1. The number of halogens is 2. The molecule has 1 aromatic heterocycles. The van der Waals surface area contributed by atoms with Crippen LogP contribution < -0.4 is 15.4 Å². The van der Waals surface area contributed by atoms with Crippen LogP contribution in [0.3, 0.4) is 0 Å². The molecule has 2 N–H and O–H groups in total. The maximum absolute atomic E-state index is 13.5. The first-order chi connectivity index (χ1) is 12.1. The summed E-state index contributed by atoms with van der Waals surface area (Å²) in [6, 6.07) is 3.23. The summed E-state index contributed by atoms with van der Waals surface area (Å²) < 4.78 is 33.4. The Bertz CT molecular complexity index is 702. The van der Waals surface area contributed by atoms with Crippen molar-refractivity contribution in [2.24, 2.45) is 4.99 Å². The predicted molar refractivity (Wildman–Crippen MR) is 92.8 cm³/mol. The van der Waals surface area contributed by atoms with Crippen molar-refractivity contribution < 1.29 is 13.5 Å². The first kappa shape index (κ1) is 18.7. The molecule has 0 aliphatic heterocycles. The number of benzene rings is 1. The van der Waals surface area contributed by atoms with Gasteiger partial charge in [0.15, 0.2) is 17.5 Å². The average molecular weight is 351 g/mol. The third kappa shape index (κ3) is 6.40. The first-order valence-electron chi connectivity index (χ1n) is 8.17. The number of ether oxygens (including phenoxy) is 1. The number of nitrogens with one attached hydrogen (secondary N) is 2. The molecule has 6 nitrogen and oxygen atoms in total. The maximum Gasteiger partial charge on any atom is 0.191 e. The van der Waals surface area contributed by atoms with Crippen molar-refractivity contribution in [3.63, 3.8) is 0 Å². The van der Waals surface area contributed by atoms with Gasteiger partial charge in [-0.1, -0.05) is 0 Å². The Kier molecular flexibility index (Phi) is 7.18. The minimum atomic E-state index is -0.713. The number of aliphatic imine (C=N–C) groups is 1. The molecule has 0 saturated carbocycles. The summed E-state index contributed by atoms with van der Waals surface area (Å²) in [6.45, 7) is 6.60. The fourth-order valence-corrected chi connectivity index (χ4v) is 2.12. The van der Waals surface area contributed by atoms with Crippen LogP contribution in [0, 0.1) is 18.6 Å². The zero-order chi connectivity index (χ0) is 18.1. The minimum Gasteiger partial charge on any atom is -0.489 e. The van der Waals surface area contributed by atoms with Crippen LogP contribution in [-0.4, -0.2) is 42.0 Å². The Hall–Kier alpha value is -2.64. The van der Waals surface area contributed by atoms with Crippen molar-refractivity contribution >= 4 is 5.96 Å². The van der Waals surface area contributed by atoms with E-state index in [1.165, 1.54) is 6.07 Å². The van der Waals surface area contributed by atoms with Crippen molar-refractivity contribution in [1.82, 2.24) is 20.4 Å². The average Bonchev–Trinajstić information content (AvgIpc) is 2.98. The van der Waals surface area contributed by atoms with Gasteiger partial charge in [-0.15, -0.1) is 0 Å². The van der Waals surface area contributed by atoms with Crippen molar-refractivity contribution in [2.45, 2.75) is 20.4 Å². The van der Waals surface area contributed by atoms with Gasteiger partial charge in [0.1, 0.15) is 12.4 Å². The predicted octanol–water partition coefficient (Wildman–Crippen LogP) is 2.10. The van der Waals surface area contributed by atoms with Crippen LogP contribution in [-0.2, 0) is 6.54 Å². The molecule has 0 bridgehead atoms. The summed E-state index contributed by atoms with van der Waals surface area (Å²) in [5.74, 6) is -0.666. The summed E-state index contributed by atoms with van der Waals surface area (Å²) in [5, 5.41) is 10.4. The van der Waals surface area contributed by atoms with Gasteiger partial charge in [0.05, 0.1) is 25.8 Å². The molecule has 1 aromatic carbocycles. The zero-order valence-corrected chi connectivity index (χ0v) is 14.4. The molecule has 0 fully saturated rings. The molecule has 8 heteroatoms. The fraction of sp³-hybridized carbons (Fsp3) is 0.412. The summed E-state index contributed by atoms with van der Waals surface area (Å²) in [7, 11) is 0. The standard InChI is InChI=1S/C17H23F2N5O/c1-3-20-17(21-6-8-24-12-13(2)11-23-24)22-7-9-25-16-5-4-14(18)10-15(16)19/h4-5,10-12H,3,6-9H2,1-2H3,(H2,20,21,22). The molecule has 136 valence electrons. The molecule has 0 unspecified atom stereocenters. The number of aromatic nitrogens is 2. The lowest BCUT2D eigenvalue weighted by atomic mass is 10.3. The van der Waals surface area contributed by atoms with Gasteiger partial charge in [-0.3, -0.25) is 9.67 Å². The normalized spacial score (nSPS) is 11.4.